The maximum Gasteiger partial charge on any atom is 0.256 e. The van der Waals surface area contributed by atoms with E-state index in [0.29, 0.717) is 18.0 Å². The lowest BCUT2D eigenvalue weighted by Crippen LogP contribution is -2.56. The minimum absolute atomic E-state index is 0.0659. The second-order valence-electron chi connectivity index (χ2n) is 10.9. The standard InChI is InChI=1S/C28H34N2O2/c1-18(28-14-20-11-21(15-28)13-22(12-20)16-28)29-26-24-5-3-4-6-25(24)27(31)30(26)17-19-7-9-23(32-2)10-8-19/h3-10,18,20-22,26,29H,11-17H2,1-2H3/t18-,20?,21?,22?,26+,28?/m1/s1. The molecule has 1 N–H and O–H groups in total. The van der Waals surface area contributed by atoms with Crippen LogP contribution in [-0.4, -0.2) is 24.0 Å². The molecule has 4 fully saturated rings. The molecule has 4 nitrogen and oxygen atoms in total. The molecule has 32 heavy (non-hydrogen) atoms. The van der Waals surface area contributed by atoms with Crippen molar-refractivity contribution in [2.75, 3.05) is 7.11 Å². The summed E-state index contributed by atoms with van der Waals surface area (Å²) in [7, 11) is 1.68. The first-order chi connectivity index (χ1) is 15.5. The largest absolute Gasteiger partial charge is 0.497 e. The highest BCUT2D eigenvalue weighted by atomic mass is 16.5. The lowest BCUT2D eigenvalue weighted by molar-refractivity contribution is -0.0752. The molecule has 2 aromatic rings. The third-order valence-electron chi connectivity index (χ3n) is 8.98. The molecule has 4 aliphatic carbocycles. The SMILES string of the molecule is COc1ccc(CN2C(=O)c3ccccc3[C@H]2N[C@H](C)C23CC4CC(CC(C4)C2)C3)cc1. The van der Waals surface area contributed by atoms with Gasteiger partial charge in [0.05, 0.1) is 7.11 Å². The fourth-order valence-electron chi connectivity index (χ4n) is 7.76. The van der Waals surface area contributed by atoms with E-state index in [1.165, 1.54) is 38.5 Å². The number of carbonyl (C=O) groups excluding carboxylic acids is 1. The Bertz CT molecular complexity index is 979. The van der Waals surface area contributed by atoms with Crippen LogP contribution in [0.25, 0.3) is 0 Å². The Morgan fingerprint density at radius 1 is 1.00 bits per heavy atom. The van der Waals surface area contributed by atoms with Gasteiger partial charge in [0.1, 0.15) is 11.9 Å². The average molecular weight is 431 g/mol. The van der Waals surface area contributed by atoms with E-state index in [-0.39, 0.29) is 12.1 Å². The van der Waals surface area contributed by atoms with Crippen LogP contribution in [0.2, 0.25) is 0 Å². The zero-order chi connectivity index (χ0) is 21.9. The molecule has 1 aliphatic heterocycles. The van der Waals surface area contributed by atoms with Crippen LogP contribution in [0.4, 0.5) is 0 Å². The lowest BCUT2D eigenvalue weighted by atomic mass is 9.48. The Balaban J connectivity index is 1.28. The van der Waals surface area contributed by atoms with Crippen LogP contribution < -0.4 is 10.1 Å². The summed E-state index contributed by atoms with van der Waals surface area (Å²) in [6.07, 6.45) is 8.42. The predicted octanol–water partition coefficient (Wildman–Crippen LogP) is 5.54. The van der Waals surface area contributed by atoms with Gasteiger partial charge < -0.3 is 9.64 Å². The topological polar surface area (TPSA) is 41.6 Å². The summed E-state index contributed by atoms with van der Waals surface area (Å²) in [5, 5.41) is 4.00. The normalized spacial score (nSPS) is 33.4. The van der Waals surface area contributed by atoms with E-state index < -0.39 is 0 Å². The quantitative estimate of drug-likeness (QED) is 0.654. The molecule has 0 spiro atoms. The number of ether oxygens (including phenoxy) is 1. The van der Waals surface area contributed by atoms with Gasteiger partial charge in [-0.05, 0) is 92.4 Å². The van der Waals surface area contributed by atoms with Gasteiger partial charge in [0, 0.05) is 23.7 Å². The van der Waals surface area contributed by atoms with Crippen molar-refractivity contribution in [2.24, 2.45) is 23.2 Å². The second kappa shape index (κ2) is 7.62. The Morgan fingerprint density at radius 3 is 2.25 bits per heavy atom. The predicted molar refractivity (Wildman–Crippen MR) is 125 cm³/mol. The summed E-state index contributed by atoms with van der Waals surface area (Å²) < 4.78 is 5.31. The maximum absolute atomic E-state index is 13.4. The minimum atomic E-state index is -0.0659. The first-order valence-corrected chi connectivity index (χ1v) is 12.3. The molecule has 1 heterocycles. The fourth-order valence-corrected chi connectivity index (χ4v) is 7.76. The lowest BCUT2D eigenvalue weighted by Gasteiger charge is -2.59. The molecule has 4 bridgehead atoms. The van der Waals surface area contributed by atoms with Crippen LogP contribution in [0, 0.1) is 23.2 Å². The van der Waals surface area contributed by atoms with Gasteiger partial charge in [-0.15, -0.1) is 0 Å². The molecular formula is C28H34N2O2. The molecule has 4 heteroatoms. The van der Waals surface area contributed by atoms with Crippen molar-refractivity contribution in [1.29, 1.82) is 0 Å². The van der Waals surface area contributed by atoms with Crippen molar-refractivity contribution in [3.8, 4) is 5.75 Å². The van der Waals surface area contributed by atoms with Crippen LogP contribution >= 0.6 is 0 Å². The van der Waals surface area contributed by atoms with Gasteiger partial charge in [-0.1, -0.05) is 30.3 Å². The Hall–Kier alpha value is -2.33. The molecule has 0 unspecified atom stereocenters. The van der Waals surface area contributed by atoms with Crippen molar-refractivity contribution >= 4 is 5.91 Å². The number of fused-ring (bicyclic) bond motifs is 1. The molecule has 1 amide bonds. The van der Waals surface area contributed by atoms with E-state index >= 15 is 0 Å². The number of amides is 1. The molecule has 7 rings (SSSR count). The van der Waals surface area contributed by atoms with E-state index in [1.54, 1.807) is 7.11 Å². The zero-order valence-corrected chi connectivity index (χ0v) is 19.2. The minimum Gasteiger partial charge on any atom is -0.497 e. The summed E-state index contributed by atoms with van der Waals surface area (Å²) in [6, 6.07) is 16.6. The van der Waals surface area contributed by atoms with E-state index in [1.807, 2.05) is 29.2 Å². The Labute approximate surface area is 191 Å². The number of rotatable bonds is 6. The summed E-state index contributed by atoms with van der Waals surface area (Å²) in [6.45, 7) is 2.99. The zero-order valence-electron chi connectivity index (χ0n) is 19.2. The van der Waals surface area contributed by atoms with Gasteiger partial charge in [0.15, 0.2) is 0 Å². The summed E-state index contributed by atoms with van der Waals surface area (Å²) in [5.74, 6) is 3.76. The van der Waals surface area contributed by atoms with Gasteiger partial charge in [-0.25, -0.2) is 0 Å². The van der Waals surface area contributed by atoms with E-state index in [2.05, 4.69) is 36.5 Å². The van der Waals surface area contributed by atoms with Crippen LogP contribution in [0.3, 0.4) is 0 Å². The van der Waals surface area contributed by atoms with Gasteiger partial charge in [-0.2, -0.15) is 0 Å². The molecule has 4 saturated carbocycles. The molecule has 0 aromatic heterocycles. The van der Waals surface area contributed by atoms with E-state index in [4.69, 9.17) is 4.74 Å². The molecule has 2 aromatic carbocycles. The smallest absolute Gasteiger partial charge is 0.256 e. The molecule has 168 valence electrons. The van der Waals surface area contributed by atoms with Gasteiger partial charge in [0.2, 0.25) is 0 Å². The van der Waals surface area contributed by atoms with Crippen molar-refractivity contribution in [2.45, 2.75) is 64.2 Å². The first-order valence-electron chi connectivity index (χ1n) is 12.3. The van der Waals surface area contributed by atoms with Crippen molar-refractivity contribution in [3.05, 3.63) is 65.2 Å². The third kappa shape index (κ3) is 3.26. The number of hydrogen-bond donors (Lipinski definition) is 1. The Kier molecular flexibility index (Phi) is 4.83. The number of nitrogens with zero attached hydrogens (tertiary/aromatic N) is 1. The monoisotopic (exact) mass is 430 g/mol. The number of nitrogens with one attached hydrogen (secondary N) is 1. The average Bonchev–Trinajstić information content (AvgIpc) is 3.05. The summed E-state index contributed by atoms with van der Waals surface area (Å²) in [4.78, 5) is 15.5. The highest BCUT2D eigenvalue weighted by Gasteiger charge is 2.54. The van der Waals surface area contributed by atoms with Crippen LogP contribution in [0.5, 0.6) is 5.75 Å². The van der Waals surface area contributed by atoms with Gasteiger partial charge in [0.25, 0.3) is 5.91 Å². The molecular weight excluding hydrogens is 396 g/mol. The van der Waals surface area contributed by atoms with E-state index in [0.717, 1.165) is 40.2 Å². The number of hydrogen-bond acceptors (Lipinski definition) is 3. The number of methoxy groups -OCH3 is 1. The van der Waals surface area contributed by atoms with Crippen LogP contribution in [0.15, 0.2) is 48.5 Å². The van der Waals surface area contributed by atoms with Crippen molar-refractivity contribution in [3.63, 3.8) is 0 Å². The van der Waals surface area contributed by atoms with Gasteiger partial charge >= 0.3 is 0 Å². The fraction of sp³-hybridized carbons (Fsp3) is 0.536. The van der Waals surface area contributed by atoms with Crippen LogP contribution in [-0.2, 0) is 6.54 Å². The maximum atomic E-state index is 13.4. The first kappa shape index (κ1) is 20.3. The number of benzene rings is 2. The highest BCUT2D eigenvalue weighted by molar-refractivity contribution is 5.99. The molecule has 2 atom stereocenters. The highest BCUT2D eigenvalue weighted by Crippen LogP contribution is 2.61. The molecule has 5 aliphatic rings. The summed E-state index contributed by atoms with van der Waals surface area (Å²) >= 11 is 0. The van der Waals surface area contributed by atoms with E-state index in [9.17, 15) is 4.79 Å². The summed E-state index contributed by atoms with van der Waals surface area (Å²) in [5.41, 5.74) is 3.50. The molecule has 0 radical (unpaired) electrons. The molecule has 0 saturated heterocycles. The van der Waals surface area contributed by atoms with Crippen molar-refractivity contribution in [1.82, 2.24) is 10.2 Å². The van der Waals surface area contributed by atoms with Gasteiger partial charge in [-0.3, -0.25) is 10.1 Å². The van der Waals surface area contributed by atoms with Crippen molar-refractivity contribution < 1.29 is 9.53 Å². The van der Waals surface area contributed by atoms with Crippen LogP contribution in [0.1, 0.15) is 73.1 Å². The third-order valence-corrected chi connectivity index (χ3v) is 8.98. The second-order valence-corrected chi connectivity index (χ2v) is 10.9. The number of carbonyl (C=O) groups is 1. The Morgan fingerprint density at radius 2 is 1.62 bits per heavy atom.